The number of hydrogen-bond acceptors (Lipinski definition) is 6. The van der Waals surface area contributed by atoms with Crippen LogP contribution in [0.15, 0.2) is 55.0 Å². The number of ether oxygens (including phenoxy) is 1. The fraction of sp³-hybridized carbons (Fsp3) is 0.217. The summed E-state index contributed by atoms with van der Waals surface area (Å²) < 4.78 is 5.52. The van der Waals surface area contributed by atoms with Crippen LogP contribution in [0, 0.1) is 12.8 Å². The monoisotopic (exact) mass is 399 g/mol. The van der Waals surface area contributed by atoms with Crippen molar-refractivity contribution in [2.75, 3.05) is 0 Å². The summed E-state index contributed by atoms with van der Waals surface area (Å²) in [5.41, 5.74) is 10.9. The molecule has 0 radical (unpaired) electrons. The van der Waals surface area contributed by atoms with Crippen molar-refractivity contribution < 1.29 is 9.53 Å². The van der Waals surface area contributed by atoms with Gasteiger partial charge in [0, 0.05) is 22.7 Å². The van der Waals surface area contributed by atoms with Crippen LogP contribution in [-0.2, 0) is 4.79 Å². The fourth-order valence-electron chi connectivity index (χ4n) is 3.76. The Morgan fingerprint density at radius 2 is 2.03 bits per heavy atom. The molecule has 1 aromatic carbocycles. The largest absolute Gasteiger partial charge is 0.425 e. The number of rotatable bonds is 4. The third-order valence-electron chi connectivity index (χ3n) is 5.44. The number of aromatic nitrogens is 4. The van der Waals surface area contributed by atoms with E-state index >= 15 is 0 Å². The molecule has 1 saturated carbocycles. The van der Waals surface area contributed by atoms with Crippen molar-refractivity contribution in [2.45, 2.75) is 25.8 Å². The molecule has 3 aromatic heterocycles. The number of nitrogens with two attached hydrogens (primary N) is 1. The molecule has 30 heavy (non-hydrogen) atoms. The number of aryl methyl sites for hydroxylation is 1. The molecule has 0 atom stereocenters. The lowest BCUT2D eigenvalue weighted by atomic mass is 9.81. The second-order valence-electron chi connectivity index (χ2n) is 7.72. The van der Waals surface area contributed by atoms with Crippen LogP contribution in [0.2, 0.25) is 0 Å². The van der Waals surface area contributed by atoms with Crippen molar-refractivity contribution in [3.63, 3.8) is 0 Å². The topological polar surface area (TPSA) is 107 Å². The van der Waals surface area contributed by atoms with Crippen LogP contribution in [0.5, 0.6) is 5.75 Å². The summed E-state index contributed by atoms with van der Waals surface area (Å²) in [6.07, 6.45) is 4.60. The average Bonchev–Trinajstić information content (AvgIpc) is 3.21. The van der Waals surface area contributed by atoms with E-state index in [1.54, 1.807) is 12.5 Å². The number of fused-ring (bicyclic) bond motifs is 1. The number of H-pyrrole nitrogens is 1. The van der Waals surface area contributed by atoms with Gasteiger partial charge in [-0.15, -0.1) is 0 Å². The number of benzene rings is 1. The Morgan fingerprint density at radius 1 is 1.17 bits per heavy atom. The molecular weight excluding hydrogens is 378 g/mol. The van der Waals surface area contributed by atoms with Gasteiger partial charge in [-0.3, -0.25) is 14.8 Å². The summed E-state index contributed by atoms with van der Waals surface area (Å²) in [7, 11) is 0. The summed E-state index contributed by atoms with van der Waals surface area (Å²) in [6.45, 7) is 1.96. The molecule has 0 unspecified atom stereocenters. The van der Waals surface area contributed by atoms with E-state index in [0.29, 0.717) is 18.6 Å². The zero-order chi connectivity index (χ0) is 20.7. The van der Waals surface area contributed by atoms with Crippen LogP contribution in [0.4, 0.5) is 0 Å². The van der Waals surface area contributed by atoms with Gasteiger partial charge in [-0.2, -0.15) is 0 Å². The van der Waals surface area contributed by atoms with Gasteiger partial charge in [-0.25, -0.2) is 4.98 Å². The fourth-order valence-corrected chi connectivity index (χ4v) is 3.76. The van der Waals surface area contributed by atoms with Gasteiger partial charge in [0.15, 0.2) is 0 Å². The Balaban J connectivity index is 1.47. The van der Waals surface area contributed by atoms with Crippen molar-refractivity contribution in [1.29, 1.82) is 0 Å². The number of nitrogens with one attached hydrogen (secondary N) is 1. The highest BCUT2D eigenvalue weighted by atomic mass is 16.5. The van der Waals surface area contributed by atoms with E-state index in [0.717, 1.165) is 39.2 Å². The summed E-state index contributed by atoms with van der Waals surface area (Å²) in [6, 6.07) is 13.7. The molecule has 1 fully saturated rings. The normalized spacial score (nSPS) is 18.2. The highest BCUT2D eigenvalue weighted by Crippen LogP contribution is 2.32. The first-order valence-electron chi connectivity index (χ1n) is 9.91. The molecule has 4 aromatic rings. The Labute approximate surface area is 173 Å². The number of esters is 1. The number of carbonyl (C=O) groups is 1. The molecular formula is C23H21N5O2. The van der Waals surface area contributed by atoms with E-state index in [9.17, 15) is 4.79 Å². The lowest BCUT2D eigenvalue weighted by Crippen LogP contribution is -2.41. The Hall–Kier alpha value is -3.58. The predicted molar refractivity (Wildman–Crippen MR) is 114 cm³/mol. The summed E-state index contributed by atoms with van der Waals surface area (Å²) in [5, 5.41) is 0.870. The Kier molecular flexibility index (Phi) is 4.52. The molecule has 0 bridgehead atoms. The average molecular weight is 399 g/mol. The van der Waals surface area contributed by atoms with E-state index in [1.165, 1.54) is 0 Å². The maximum Gasteiger partial charge on any atom is 0.314 e. The first-order valence-corrected chi connectivity index (χ1v) is 9.91. The SMILES string of the molecule is Cc1cccc(-c2[nH]cnc2-c2ccc3ncc(OC(=O)C4CC(N)C4)cc3c2)n1. The minimum absolute atomic E-state index is 0.103. The molecule has 1 aliphatic rings. The van der Waals surface area contributed by atoms with E-state index in [1.807, 2.05) is 49.4 Å². The molecule has 0 spiro atoms. The number of hydrogen-bond donors (Lipinski definition) is 2. The van der Waals surface area contributed by atoms with Crippen molar-refractivity contribution in [1.82, 2.24) is 19.9 Å². The Bertz CT molecular complexity index is 1240. The Morgan fingerprint density at radius 3 is 2.83 bits per heavy atom. The number of pyridine rings is 2. The lowest BCUT2D eigenvalue weighted by Gasteiger charge is -2.30. The third kappa shape index (κ3) is 3.44. The molecule has 5 rings (SSSR count). The molecule has 0 aliphatic heterocycles. The number of nitrogens with zero attached hydrogens (tertiary/aromatic N) is 3. The van der Waals surface area contributed by atoms with Gasteiger partial charge < -0.3 is 15.5 Å². The highest BCUT2D eigenvalue weighted by molar-refractivity contribution is 5.88. The van der Waals surface area contributed by atoms with E-state index in [4.69, 9.17) is 10.5 Å². The first-order chi connectivity index (χ1) is 14.6. The number of carbonyl (C=O) groups excluding carboxylic acids is 1. The van der Waals surface area contributed by atoms with Crippen molar-refractivity contribution in [3.05, 3.63) is 60.7 Å². The van der Waals surface area contributed by atoms with Crippen LogP contribution in [0.3, 0.4) is 0 Å². The van der Waals surface area contributed by atoms with E-state index < -0.39 is 0 Å². The lowest BCUT2D eigenvalue weighted by molar-refractivity contribution is -0.142. The van der Waals surface area contributed by atoms with E-state index in [2.05, 4.69) is 19.9 Å². The van der Waals surface area contributed by atoms with Crippen molar-refractivity contribution >= 4 is 16.9 Å². The molecule has 150 valence electrons. The first kappa shape index (κ1) is 18.4. The summed E-state index contributed by atoms with van der Waals surface area (Å²) >= 11 is 0. The third-order valence-corrected chi connectivity index (χ3v) is 5.44. The zero-order valence-corrected chi connectivity index (χ0v) is 16.5. The molecule has 3 heterocycles. The molecule has 7 heteroatoms. The molecule has 0 amide bonds. The molecule has 7 nitrogen and oxygen atoms in total. The zero-order valence-electron chi connectivity index (χ0n) is 16.5. The van der Waals surface area contributed by atoms with Gasteiger partial charge in [0.25, 0.3) is 0 Å². The van der Waals surface area contributed by atoms with Gasteiger partial charge in [-0.1, -0.05) is 12.1 Å². The van der Waals surface area contributed by atoms with Crippen LogP contribution in [-0.4, -0.2) is 31.9 Å². The second-order valence-corrected chi connectivity index (χ2v) is 7.72. The quantitative estimate of drug-likeness (QED) is 0.508. The summed E-state index contributed by atoms with van der Waals surface area (Å²) in [5.74, 6) is 0.0808. The molecule has 1 aliphatic carbocycles. The highest BCUT2D eigenvalue weighted by Gasteiger charge is 2.33. The predicted octanol–water partition coefficient (Wildman–Crippen LogP) is 3.64. The smallest absolute Gasteiger partial charge is 0.314 e. The van der Waals surface area contributed by atoms with Gasteiger partial charge in [0.05, 0.1) is 41.0 Å². The molecule has 0 saturated heterocycles. The van der Waals surface area contributed by atoms with Crippen molar-refractivity contribution in [2.24, 2.45) is 11.7 Å². The van der Waals surface area contributed by atoms with Gasteiger partial charge in [-0.05, 0) is 50.1 Å². The number of aromatic amines is 1. The minimum Gasteiger partial charge on any atom is -0.425 e. The van der Waals surface area contributed by atoms with Crippen LogP contribution >= 0.6 is 0 Å². The minimum atomic E-state index is -0.242. The second kappa shape index (κ2) is 7.35. The van der Waals surface area contributed by atoms with Crippen molar-refractivity contribution in [3.8, 4) is 28.4 Å². The van der Waals surface area contributed by atoms with Gasteiger partial charge in [0.2, 0.25) is 0 Å². The van der Waals surface area contributed by atoms with Crippen LogP contribution < -0.4 is 10.5 Å². The van der Waals surface area contributed by atoms with Crippen LogP contribution in [0.1, 0.15) is 18.5 Å². The standard InChI is InChI=1S/C23H21N5O2/c1-13-3-2-4-20(28-13)22-21(26-12-27-22)14-5-6-19-15(7-14)10-18(11-25-19)30-23(29)16-8-17(24)9-16/h2-7,10-12,16-17H,8-9,24H2,1H3,(H,26,27). The van der Waals surface area contributed by atoms with Gasteiger partial charge >= 0.3 is 5.97 Å². The summed E-state index contributed by atoms with van der Waals surface area (Å²) in [4.78, 5) is 29.0. The maximum absolute atomic E-state index is 12.2. The molecule has 3 N–H and O–H groups in total. The van der Waals surface area contributed by atoms with Crippen LogP contribution in [0.25, 0.3) is 33.5 Å². The number of imidazole rings is 1. The van der Waals surface area contributed by atoms with Gasteiger partial charge in [0.1, 0.15) is 5.75 Å². The maximum atomic E-state index is 12.2. The van der Waals surface area contributed by atoms with E-state index in [-0.39, 0.29) is 17.9 Å².